The number of amides is 2. The van der Waals surface area contributed by atoms with Gasteiger partial charge in [0.1, 0.15) is 0 Å². The highest BCUT2D eigenvalue weighted by Gasteiger charge is 2.14. The van der Waals surface area contributed by atoms with E-state index in [0.29, 0.717) is 24.4 Å². The van der Waals surface area contributed by atoms with Crippen molar-refractivity contribution in [3.63, 3.8) is 0 Å². The minimum Gasteiger partial charge on any atom is -0.462 e. The van der Waals surface area contributed by atoms with Crippen molar-refractivity contribution in [2.45, 2.75) is 65.3 Å². The molecule has 0 bridgehead atoms. The lowest BCUT2D eigenvalue weighted by Crippen LogP contribution is -2.35. The van der Waals surface area contributed by atoms with Gasteiger partial charge in [-0.05, 0) is 43.2 Å². The number of nitrogens with zero attached hydrogens (tertiary/aromatic N) is 1. The molecule has 0 aliphatic rings. The lowest BCUT2D eigenvalue weighted by molar-refractivity contribution is 0.0526. The molecule has 0 radical (unpaired) electrons. The molecule has 5 heteroatoms. The second-order valence-electron chi connectivity index (χ2n) is 7.76. The van der Waals surface area contributed by atoms with Gasteiger partial charge in [0.15, 0.2) is 0 Å². The van der Waals surface area contributed by atoms with Crippen LogP contribution in [0.15, 0.2) is 54.6 Å². The van der Waals surface area contributed by atoms with E-state index >= 15 is 0 Å². The topological polar surface area (TPSA) is 58.6 Å². The standard InChI is InChI=1S/C26H36N2O3/c1-3-5-6-7-8-9-13-20-28(21-22-14-11-10-12-15-22)26(30)27-24-18-16-23(17-19-24)25(29)31-4-2/h10-12,14-19H,3-9,13,20-21H2,1-2H3,(H,27,30). The zero-order valence-corrected chi connectivity index (χ0v) is 18.9. The van der Waals surface area contributed by atoms with Gasteiger partial charge in [-0.25, -0.2) is 9.59 Å². The predicted molar refractivity (Wildman–Crippen MR) is 126 cm³/mol. The number of carbonyl (C=O) groups is 2. The Morgan fingerprint density at radius 2 is 1.48 bits per heavy atom. The van der Waals surface area contributed by atoms with Crippen molar-refractivity contribution in [3.8, 4) is 0 Å². The SMILES string of the molecule is CCCCCCCCCN(Cc1ccccc1)C(=O)Nc1ccc(C(=O)OCC)cc1. The molecule has 31 heavy (non-hydrogen) atoms. The molecule has 0 atom stereocenters. The first-order valence-electron chi connectivity index (χ1n) is 11.5. The van der Waals surface area contributed by atoms with E-state index in [1.165, 1.54) is 32.1 Å². The predicted octanol–water partition coefficient (Wildman–Crippen LogP) is 6.65. The van der Waals surface area contributed by atoms with Gasteiger partial charge in [-0.2, -0.15) is 0 Å². The van der Waals surface area contributed by atoms with Gasteiger partial charge < -0.3 is 15.0 Å². The molecule has 0 spiro atoms. The van der Waals surface area contributed by atoms with Gasteiger partial charge in [0.25, 0.3) is 0 Å². The zero-order chi connectivity index (χ0) is 22.3. The van der Waals surface area contributed by atoms with Crippen LogP contribution in [0, 0.1) is 0 Å². The number of ether oxygens (including phenoxy) is 1. The van der Waals surface area contributed by atoms with Gasteiger partial charge in [-0.3, -0.25) is 0 Å². The van der Waals surface area contributed by atoms with Crippen LogP contribution >= 0.6 is 0 Å². The summed E-state index contributed by atoms with van der Waals surface area (Å²) in [5, 5.41) is 2.96. The van der Waals surface area contributed by atoms with Crippen LogP contribution in [0.2, 0.25) is 0 Å². The van der Waals surface area contributed by atoms with E-state index in [-0.39, 0.29) is 12.0 Å². The Kier molecular flexibility index (Phi) is 11.2. The molecular formula is C26H36N2O3. The fourth-order valence-electron chi connectivity index (χ4n) is 3.42. The quantitative estimate of drug-likeness (QED) is 0.289. The number of anilines is 1. The highest BCUT2D eigenvalue weighted by Crippen LogP contribution is 2.14. The largest absolute Gasteiger partial charge is 0.462 e. The Bertz CT molecular complexity index is 775. The maximum absolute atomic E-state index is 13.0. The van der Waals surface area contributed by atoms with Crippen molar-refractivity contribution in [2.24, 2.45) is 0 Å². The maximum atomic E-state index is 13.0. The van der Waals surface area contributed by atoms with E-state index in [1.54, 1.807) is 31.2 Å². The number of hydrogen-bond donors (Lipinski definition) is 1. The van der Waals surface area contributed by atoms with Gasteiger partial charge in [0.2, 0.25) is 0 Å². The molecule has 2 aromatic rings. The molecule has 5 nitrogen and oxygen atoms in total. The van der Waals surface area contributed by atoms with Crippen molar-refractivity contribution >= 4 is 17.7 Å². The lowest BCUT2D eigenvalue weighted by Gasteiger charge is -2.23. The number of carbonyl (C=O) groups excluding carboxylic acids is 2. The van der Waals surface area contributed by atoms with Crippen LogP contribution in [0.25, 0.3) is 0 Å². The highest BCUT2D eigenvalue weighted by molar-refractivity contribution is 5.92. The van der Waals surface area contributed by atoms with E-state index in [2.05, 4.69) is 12.2 Å². The highest BCUT2D eigenvalue weighted by atomic mass is 16.5. The van der Waals surface area contributed by atoms with E-state index in [9.17, 15) is 9.59 Å². The summed E-state index contributed by atoms with van der Waals surface area (Å²) in [6, 6.07) is 16.7. The van der Waals surface area contributed by atoms with Gasteiger partial charge >= 0.3 is 12.0 Å². The van der Waals surface area contributed by atoms with Crippen molar-refractivity contribution < 1.29 is 14.3 Å². The van der Waals surface area contributed by atoms with E-state index in [1.807, 2.05) is 35.2 Å². The monoisotopic (exact) mass is 424 g/mol. The Labute approximate surface area is 186 Å². The molecule has 0 aliphatic heterocycles. The molecular weight excluding hydrogens is 388 g/mol. The first-order chi connectivity index (χ1) is 15.1. The lowest BCUT2D eigenvalue weighted by atomic mass is 10.1. The summed E-state index contributed by atoms with van der Waals surface area (Å²) in [5.74, 6) is -0.356. The van der Waals surface area contributed by atoms with Crippen LogP contribution in [0.5, 0.6) is 0 Å². The molecule has 0 saturated heterocycles. The molecule has 2 rings (SSSR count). The molecule has 2 aromatic carbocycles. The van der Waals surface area contributed by atoms with Crippen LogP contribution < -0.4 is 5.32 Å². The molecule has 1 N–H and O–H groups in total. The fraction of sp³-hybridized carbons (Fsp3) is 0.462. The van der Waals surface area contributed by atoms with E-state index in [0.717, 1.165) is 24.9 Å². The number of hydrogen-bond acceptors (Lipinski definition) is 3. The zero-order valence-electron chi connectivity index (χ0n) is 18.9. The number of nitrogens with one attached hydrogen (secondary N) is 1. The van der Waals surface area contributed by atoms with Gasteiger partial charge in [-0.1, -0.05) is 75.8 Å². The molecule has 0 saturated carbocycles. The van der Waals surface area contributed by atoms with Crippen LogP contribution in [0.4, 0.5) is 10.5 Å². The molecule has 0 aliphatic carbocycles. The molecule has 168 valence electrons. The summed E-state index contributed by atoms with van der Waals surface area (Å²) in [4.78, 5) is 26.6. The normalized spacial score (nSPS) is 10.5. The van der Waals surface area contributed by atoms with E-state index < -0.39 is 0 Å². The van der Waals surface area contributed by atoms with Crippen LogP contribution in [0.3, 0.4) is 0 Å². The van der Waals surface area contributed by atoms with Crippen LogP contribution in [-0.4, -0.2) is 30.1 Å². The average Bonchev–Trinajstić information content (AvgIpc) is 2.79. The minimum absolute atomic E-state index is 0.126. The van der Waals surface area contributed by atoms with E-state index in [4.69, 9.17) is 4.74 Å². The summed E-state index contributed by atoms with van der Waals surface area (Å²) in [7, 11) is 0. The number of urea groups is 1. The molecule has 0 heterocycles. The van der Waals surface area contributed by atoms with Gasteiger partial charge in [0, 0.05) is 18.8 Å². The number of unbranched alkanes of at least 4 members (excludes halogenated alkanes) is 6. The third-order valence-electron chi connectivity index (χ3n) is 5.18. The Morgan fingerprint density at radius 1 is 0.839 bits per heavy atom. The second kappa shape index (κ2) is 14.2. The third kappa shape index (κ3) is 9.24. The summed E-state index contributed by atoms with van der Waals surface area (Å²) in [5.41, 5.74) is 2.25. The average molecular weight is 425 g/mol. The second-order valence-corrected chi connectivity index (χ2v) is 7.76. The molecule has 0 unspecified atom stereocenters. The first-order valence-corrected chi connectivity index (χ1v) is 11.5. The number of benzene rings is 2. The molecule has 0 aromatic heterocycles. The fourth-order valence-corrected chi connectivity index (χ4v) is 3.42. The smallest absolute Gasteiger partial charge is 0.338 e. The summed E-state index contributed by atoms with van der Waals surface area (Å²) in [6.07, 6.45) is 8.47. The van der Waals surface area contributed by atoms with Crippen LogP contribution in [-0.2, 0) is 11.3 Å². The molecule has 2 amide bonds. The first kappa shape index (κ1) is 24.4. The van der Waals surface area contributed by atoms with Crippen molar-refractivity contribution in [2.75, 3.05) is 18.5 Å². The Balaban J connectivity index is 1.92. The van der Waals surface area contributed by atoms with Crippen LogP contribution in [0.1, 0.15) is 74.7 Å². The van der Waals surface area contributed by atoms with Crippen molar-refractivity contribution in [3.05, 3.63) is 65.7 Å². The van der Waals surface area contributed by atoms with Crippen molar-refractivity contribution in [1.29, 1.82) is 0 Å². The Hall–Kier alpha value is -2.82. The maximum Gasteiger partial charge on any atom is 0.338 e. The summed E-state index contributed by atoms with van der Waals surface area (Å²) < 4.78 is 5.00. The third-order valence-corrected chi connectivity index (χ3v) is 5.18. The summed E-state index contributed by atoms with van der Waals surface area (Å²) in [6.45, 7) is 5.63. The molecule has 0 fully saturated rings. The van der Waals surface area contributed by atoms with Crippen molar-refractivity contribution in [1.82, 2.24) is 4.90 Å². The summed E-state index contributed by atoms with van der Waals surface area (Å²) >= 11 is 0. The minimum atomic E-state index is -0.356. The number of esters is 1. The number of rotatable bonds is 13. The van der Waals surface area contributed by atoms with Gasteiger partial charge in [0.05, 0.1) is 12.2 Å². The van der Waals surface area contributed by atoms with Gasteiger partial charge in [-0.15, -0.1) is 0 Å². The Morgan fingerprint density at radius 3 is 2.13 bits per heavy atom.